The number of amides is 1. The predicted molar refractivity (Wildman–Crippen MR) is 125 cm³/mol. The van der Waals surface area contributed by atoms with Gasteiger partial charge in [0.15, 0.2) is 5.11 Å². The molecule has 1 aliphatic carbocycles. The summed E-state index contributed by atoms with van der Waals surface area (Å²) in [5.74, 6) is -0.131. The van der Waals surface area contributed by atoms with Crippen molar-refractivity contribution in [3.8, 4) is 0 Å². The second-order valence-corrected chi connectivity index (χ2v) is 8.46. The monoisotopic (exact) mass is 413 g/mol. The third kappa shape index (κ3) is 3.15. The van der Waals surface area contributed by atoms with E-state index in [1.54, 1.807) is 0 Å². The number of nitrogens with one attached hydrogen (secondary N) is 3. The third-order valence-corrected chi connectivity index (χ3v) is 6.23. The number of allylic oxidation sites excluding steroid dienone is 1. The van der Waals surface area contributed by atoms with Crippen molar-refractivity contribution >= 4 is 39.7 Å². The van der Waals surface area contributed by atoms with Crippen LogP contribution in [-0.2, 0) is 17.6 Å². The highest BCUT2D eigenvalue weighted by molar-refractivity contribution is 7.80. The molecule has 0 bridgehead atoms. The molecule has 5 heteroatoms. The van der Waals surface area contributed by atoms with E-state index < -0.39 is 0 Å². The lowest BCUT2D eigenvalue weighted by Gasteiger charge is -2.31. The minimum atomic E-state index is -0.312. The molecule has 1 heterocycles. The molecule has 0 radical (unpaired) electrons. The largest absolute Gasteiger partial charge is 0.351 e. The maximum Gasteiger partial charge on any atom is 0.255 e. The topological polar surface area (TPSA) is 53.2 Å². The van der Waals surface area contributed by atoms with Gasteiger partial charge in [-0.3, -0.25) is 4.79 Å². The molecule has 0 fully saturated rings. The van der Waals surface area contributed by atoms with Crippen molar-refractivity contribution in [1.82, 2.24) is 10.6 Å². The zero-order valence-corrected chi connectivity index (χ0v) is 17.8. The van der Waals surface area contributed by atoms with E-state index in [1.165, 1.54) is 21.9 Å². The molecule has 150 valence electrons. The summed E-state index contributed by atoms with van der Waals surface area (Å²) in [5, 5.41) is 12.6. The summed E-state index contributed by atoms with van der Waals surface area (Å²) >= 11 is 5.44. The van der Waals surface area contributed by atoms with Gasteiger partial charge in [-0.15, -0.1) is 0 Å². The molecule has 0 spiro atoms. The number of anilines is 1. The van der Waals surface area contributed by atoms with Gasteiger partial charge < -0.3 is 16.0 Å². The fourth-order valence-corrected chi connectivity index (χ4v) is 4.94. The van der Waals surface area contributed by atoms with E-state index in [9.17, 15) is 4.79 Å². The minimum absolute atomic E-state index is 0.131. The first-order chi connectivity index (χ1) is 14.5. The quantitative estimate of drug-likeness (QED) is 0.546. The molecule has 0 saturated carbocycles. The summed E-state index contributed by atoms with van der Waals surface area (Å²) in [6, 6.07) is 18.3. The van der Waals surface area contributed by atoms with E-state index in [4.69, 9.17) is 12.2 Å². The van der Waals surface area contributed by atoms with E-state index in [0.717, 1.165) is 35.4 Å². The van der Waals surface area contributed by atoms with Gasteiger partial charge in [0.05, 0.1) is 11.6 Å². The number of carbonyl (C=O) groups is 1. The Morgan fingerprint density at radius 3 is 2.60 bits per heavy atom. The van der Waals surface area contributed by atoms with Gasteiger partial charge >= 0.3 is 0 Å². The van der Waals surface area contributed by atoms with Crippen LogP contribution in [0.25, 0.3) is 10.8 Å². The maximum atomic E-state index is 13.4. The van der Waals surface area contributed by atoms with Crippen molar-refractivity contribution in [2.24, 2.45) is 0 Å². The smallest absolute Gasteiger partial charge is 0.255 e. The normalized spacial score (nSPS) is 17.7. The molecule has 3 N–H and O–H groups in total. The van der Waals surface area contributed by atoms with Crippen molar-refractivity contribution < 1.29 is 4.79 Å². The van der Waals surface area contributed by atoms with Gasteiger partial charge in [-0.1, -0.05) is 42.5 Å². The number of hydrogen-bond acceptors (Lipinski definition) is 2. The highest BCUT2D eigenvalue weighted by atomic mass is 32.1. The predicted octanol–water partition coefficient (Wildman–Crippen LogP) is 4.68. The Morgan fingerprint density at radius 2 is 1.80 bits per heavy atom. The number of hydrogen-bond donors (Lipinski definition) is 3. The van der Waals surface area contributed by atoms with E-state index >= 15 is 0 Å². The van der Waals surface area contributed by atoms with Gasteiger partial charge in [-0.25, -0.2) is 0 Å². The number of benzene rings is 3. The Labute approximate surface area is 181 Å². The molecule has 0 saturated heterocycles. The summed E-state index contributed by atoms with van der Waals surface area (Å²) in [6.07, 6.45) is 2.15. The highest BCUT2D eigenvalue weighted by Crippen LogP contribution is 2.38. The van der Waals surface area contributed by atoms with Crippen LogP contribution in [0.4, 0.5) is 5.69 Å². The first-order valence-electron chi connectivity index (χ1n) is 10.2. The molecule has 1 aliphatic heterocycles. The van der Waals surface area contributed by atoms with Crippen molar-refractivity contribution in [2.75, 3.05) is 5.32 Å². The molecular formula is C25H23N3OS. The average Bonchev–Trinajstić information content (AvgIpc) is 3.12. The van der Waals surface area contributed by atoms with Crippen LogP contribution in [0.15, 0.2) is 65.9 Å². The Hall–Kier alpha value is -3.18. The molecule has 1 amide bonds. The van der Waals surface area contributed by atoms with Gasteiger partial charge in [0.1, 0.15) is 0 Å². The average molecular weight is 414 g/mol. The van der Waals surface area contributed by atoms with E-state index in [0.29, 0.717) is 10.7 Å². The number of thiocarbonyl (C=S) groups is 1. The van der Waals surface area contributed by atoms with Crippen LogP contribution in [0.5, 0.6) is 0 Å². The molecule has 0 unspecified atom stereocenters. The molecule has 4 nitrogen and oxygen atoms in total. The fourth-order valence-electron chi connectivity index (χ4n) is 4.67. The molecule has 3 aromatic rings. The van der Waals surface area contributed by atoms with E-state index in [-0.39, 0.29) is 11.9 Å². The van der Waals surface area contributed by atoms with Crippen LogP contribution in [0, 0.1) is 6.92 Å². The first-order valence-corrected chi connectivity index (χ1v) is 10.6. The Morgan fingerprint density at radius 1 is 1.03 bits per heavy atom. The second-order valence-electron chi connectivity index (χ2n) is 8.05. The highest BCUT2D eigenvalue weighted by Gasteiger charge is 2.32. The number of carbonyl (C=O) groups excluding carboxylic acids is 1. The summed E-state index contributed by atoms with van der Waals surface area (Å²) in [5.41, 5.74) is 7.16. The van der Waals surface area contributed by atoms with Gasteiger partial charge in [0, 0.05) is 11.4 Å². The van der Waals surface area contributed by atoms with Crippen LogP contribution >= 0.6 is 12.2 Å². The van der Waals surface area contributed by atoms with E-state index in [1.807, 2.05) is 38.1 Å². The lowest BCUT2D eigenvalue weighted by Crippen LogP contribution is -2.45. The Bertz CT molecular complexity index is 1230. The zero-order valence-electron chi connectivity index (χ0n) is 17.0. The third-order valence-electron chi connectivity index (χ3n) is 6.01. The molecule has 30 heavy (non-hydrogen) atoms. The lowest BCUT2D eigenvalue weighted by atomic mass is 9.89. The molecule has 3 aromatic carbocycles. The molecular weight excluding hydrogens is 390 g/mol. The maximum absolute atomic E-state index is 13.4. The van der Waals surface area contributed by atoms with Crippen LogP contribution < -0.4 is 16.0 Å². The van der Waals surface area contributed by atoms with Crippen LogP contribution in [0.1, 0.15) is 35.2 Å². The summed E-state index contributed by atoms with van der Waals surface area (Å²) < 4.78 is 0. The van der Waals surface area contributed by atoms with Crippen molar-refractivity contribution in [3.63, 3.8) is 0 Å². The molecule has 5 rings (SSSR count). The van der Waals surface area contributed by atoms with Crippen molar-refractivity contribution in [1.29, 1.82) is 0 Å². The standard InChI is InChI=1S/C25H23N3OS/c1-14-5-3-7-18(13-14)27-24(29)21-15(2)26-25(30)28-23(21)20-12-11-17-10-9-16-6-4-8-19(20)22(16)17/h3-8,11-13,23H,9-10H2,1-2H3,(H,27,29)(H2,26,28,30)/t23-/m1/s1. The van der Waals surface area contributed by atoms with Gasteiger partial charge in [0.25, 0.3) is 5.91 Å². The molecule has 2 aliphatic rings. The molecule has 0 aromatic heterocycles. The SMILES string of the molecule is CC1=C(C(=O)Nc2cccc(C)c2)[C@@H](c2ccc3c4c(cccc24)CC3)NC(=S)N1. The molecule has 1 atom stereocenters. The Kier molecular flexibility index (Phi) is 4.55. The lowest BCUT2D eigenvalue weighted by molar-refractivity contribution is -0.113. The second kappa shape index (κ2) is 7.26. The van der Waals surface area contributed by atoms with E-state index in [2.05, 4.69) is 46.3 Å². The van der Waals surface area contributed by atoms with Crippen molar-refractivity contribution in [2.45, 2.75) is 32.7 Å². The zero-order chi connectivity index (χ0) is 20.8. The van der Waals surface area contributed by atoms with Gasteiger partial charge in [-0.05, 0) is 84.1 Å². The van der Waals surface area contributed by atoms with Gasteiger partial charge in [0.2, 0.25) is 0 Å². The summed E-state index contributed by atoms with van der Waals surface area (Å²) in [4.78, 5) is 13.4. The van der Waals surface area contributed by atoms with Crippen LogP contribution in [-0.4, -0.2) is 11.0 Å². The number of rotatable bonds is 3. The summed E-state index contributed by atoms with van der Waals surface area (Å²) in [7, 11) is 0. The van der Waals surface area contributed by atoms with Crippen molar-refractivity contribution in [3.05, 3.63) is 88.1 Å². The minimum Gasteiger partial charge on any atom is -0.351 e. The number of aryl methyl sites for hydroxylation is 3. The van der Waals surface area contributed by atoms with Gasteiger partial charge in [-0.2, -0.15) is 0 Å². The van der Waals surface area contributed by atoms with Crippen LogP contribution in [0.3, 0.4) is 0 Å². The first kappa shape index (κ1) is 18.8. The Balaban J connectivity index is 1.60. The fraction of sp³-hybridized carbons (Fsp3) is 0.200. The summed E-state index contributed by atoms with van der Waals surface area (Å²) in [6.45, 7) is 3.92. The van der Waals surface area contributed by atoms with Crippen LogP contribution in [0.2, 0.25) is 0 Å².